The van der Waals surface area contributed by atoms with E-state index in [1.165, 1.54) is 199 Å². The van der Waals surface area contributed by atoms with Crippen LogP contribution in [0.5, 0.6) is 0 Å². The number of rotatable bonds is 40. The number of Topliss-reactive ketones (excluding diaryl/α,β-unsaturated/α-hetero) is 1. The molecule has 1 heterocycles. The van der Waals surface area contributed by atoms with Crippen molar-refractivity contribution < 1.29 is 19.8 Å². The van der Waals surface area contributed by atoms with Crippen molar-refractivity contribution in [2.75, 3.05) is 18.0 Å². The highest BCUT2D eigenvalue weighted by Crippen LogP contribution is 2.40. The smallest absolute Gasteiger partial charge is 0.246 e. The van der Waals surface area contributed by atoms with Crippen molar-refractivity contribution in [1.29, 1.82) is 0 Å². The van der Waals surface area contributed by atoms with Gasteiger partial charge in [-0.15, -0.1) is 0 Å². The summed E-state index contributed by atoms with van der Waals surface area (Å²) in [7, 11) is 0. The number of allylic oxidation sites excluding steroid dienone is 5. The Morgan fingerprint density at radius 1 is 0.531 bits per heavy atom. The highest BCUT2D eigenvalue weighted by Gasteiger charge is 2.38. The largest absolute Gasteiger partial charge is 0.507 e. The first-order chi connectivity index (χ1) is 31.4. The molecule has 0 saturated carbocycles. The van der Waals surface area contributed by atoms with Gasteiger partial charge in [-0.3, -0.25) is 9.59 Å². The zero-order valence-electron chi connectivity index (χ0n) is 41.4. The van der Waals surface area contributed by atoms with Crippen molar-refractivity contribution in [1.82, 2.24) is 4.98 Å². The lowest BCUT2D eigenvalue weighted by Crippen LogP contribution is -2.27. The summed E-state index contributed by atoms with van der Waals surface area (Å²) in [5.74, 6) is 0.0537. The fraction of sp³-hybridized carbons (Fsp3) is 0.719. The lowest BCUT2D eigenvalue weighted by Gasteiger charge is -2.26. The average Bonchev–Trinajstić information content (AvgIpc) is 3.29. The maximum absolute atomic E-state index is 13.5. The van der Waals surface area contributed by atoms with E-state index in [4.69, 9.17) is 4.98 Å². The monoisotopic (exact) mass is 884 g/mol. The number of carbonyl (C=O) groups is 2. The lowest BCUT2D eigenvalue weighted by molar-refractivity contribution is -0.118. The SMILES string of the molecule is CCCCCCCCCCCCCCN(CCCCCCCCCCCCCC)c1ccc(C2=C(O)/C(=C3C=C/C(=N\C(=O)CCCCCCCCCCCCC)C=C\3O)C2=O)cn1. The average molecular weight is 884 g/mol. The summed E-state index contributed by atoms with van der Waals surface area (Å²) in [5.41, 5.74) is 1.46. The molecular formula is C57H93N3O4. The molecule has 0 aliphatic heterocycles. The molecular weight excluding hydrogens is 791 g/mol. The van der Waals surface area contributed by atoms with Gasteiger partial charge in [0.25, 0.3) is 0 Å². The van der Waals surface area contributed by atoms with Gasteiger partial charge >= 0.3 is 0 Å². The van der Waals surface area contributed by atoms with Crippen LogP contribution in [0.2, 0.25) is 0 Å². The molecule has 0 aromatic carbocycles. The summed E-state index contributed by atoms with van der Waals surface area (Å²) in [6.45, 7) is 8.75. The Morgan fingerprint density at radius 3 is 1.31 bits per heavy atom. The Balaban J connectivity index is 1.49. The molecule has 0 spiro atoms. The van der Waals surface area contributed by atoms with Crippen LogP contribution in [-0.4, -0.2) is 45.7 Å². The summed E-state index contributed by atoms with van der Waals surface area (Å²) in [4.78, 5) is 37.5. The van der Waals surface area contributed by atoms with Gasteiger partial charge in [-0.2, -0.15) is 0 Å². The summed E-state index contributed by atoms with van der Waals surface area (Å²) < 4.78 is 0. The zero-order chi connectivity index (χ0) is 45.9. The number of aliphatic hydroxyl groups excluding tert-OH is 2. The van der Waals surface area contributed by atoms with E-state index >= 15 is 0 Å². The van der Waals surface area contributed by atoms with E-state index in [9.17, 15) is 19.8 Å². The third-order valence-corrected chi connectivity index (χ3v) is 13.4. The van der Waals surface area contributed by atoms with Gasteiger partial charge in [0.2, 0.25) is 11.7 Å². The van der Waals surface area contributed by atoms with Crippen molar-refractivity contribution in [2.45, 2.75) is 252 Å². The number of unbranched alkanes of at least 4 members (excludes halogenated alkanes) is 32. The number of ketones is 1. The summed E-state index contributed by atoms with van der Waals surface area (Å²) in [6, 6.07) is 3.88. The molecule has 0 unspecified atom stereocenters. The molecule has 2 aliphatic carbocycles. The van der Waals surface area contributed by atoms with Crippen LogP contribution in [0, 0.1) is 0 Å². The molecule has 64 heavy (non-hydrogen) atoms. The normalized spacial score (nSPS) is 15.6. The van der Waals surface area contributed by atoms with E-state index in [2.05, 4.69) is 30.7 Å². The van der Waals surface area contributed by atoms with E-state index in [1.807, 2.05) is 12.1 Å². The number of aromatic nitrogens is 1. The topological polar surface area (TPSA) is 103 Å². The Kier molecular flexibility index (Phi) is 30.6. The van der Waals surface area contributed by atoms with E-state index in [0.29, 0.717) is 17.7 Å². The van der Waals surface area contributed by atoms with Gasteiger partial charge in [0.1, 0.15) is 17.3 Å². The maximum atomic E-state index is 13.5. The molecule has 3 rings (SSSR count). The molecule has 360 valence electrons. The minimum atomic E-state index is -0.329. The first-order valence-electron chi connectivity index (χ1n) is 27.1. The second-order valence-corrected chi connectivity index (χ2v) is 19.1. The van der Waals surface area contributed by atoms with Crippen molar-refractivity contribution in [2.24, 2.45) is 4.99 Å². The highest BCUT2D eigenvalue weighted by molar-refractivity contribution is 6.39. The number of hydrogen-bond donors (Lipinski definition) is 2. The maximum Gasteiger partial charge on any atom is 0.246 e. The van der Waals surface area contributed by atoms with Gasteiger partial charge in [0, 0.05) is 42.9 Å². The van der Waals surface area contributed by atoms with Crippen molar-refractivity contribution in [3.63, 3.8) is 0 Å². The molecule has 1 aromatic heterocycles. The van der Waals surface area contributed by atoms with E-state index in [-0.39, 0.29) is 39.9 Å². The third kappa shape index (κ3) is 22.6. The van der Waals surface area contributed by atoms with E-state index in [0.717, 1.165) is 51.0 Å². The number of aliphatic imine (C=N–C) groups is 1. The molecule has 2 aliphatic rings. The molecule has 7 nitrogen and oxygen atoms in total. The van der Waals surface area contributed by atoms with Crippen LogP contribution in [-0.2, 0) is 9.59 Å². The van der Waals surface area contributed by atoms with E-state index in [1.54, 1.807) is 18.3 Å². The molecule has 0 bridgehead atoms. The number of amides is 1. The van der Waals surface area contributed by atoms with Crippen molar-refractivity contribution in [3.05, 3.63) is 64.8 Å². The van der Waals surface area contributed by atoms with Gasteiger partial charge in [-0.1, -0.05) is 226 Å². The number of aliphatic hydroxyl groups is 2. The molecule has 1 amide bonds. The minimum absolute atomic E-state index is 0.0796. The number of carbonyl (C=O) groups excluding carboxylic acids is 2. The standard InChI is InChI=1S/C57H93N3O4/c1-4-7-10-13-16-19-22-25-28-31-34-37-44-60(45-38-35-32-29-26-23-20-17-14-11-8-5-2)52-43-40-48(47-58-52)54-56(63)55(57(54)64)50-42-41-49(46-51(50)61)59-53(62)39-36-33-30-27-24-21-18-15-12-9-6-3/h40-43,46-47,61,63H,4-39,44-45H2,1-3H3/b55-50-,59-49+. The Morgan fingerprint density at radius 2 is 0.938 bits per heavy atom. The van der Waals surface area contributed by atoms with Crippen molar-refractivity contribution in [3.8, 4) is 0 Å². The molecule has 0 saturated heterocycles. The first-order valence-corrected chi connectivity index (χ1v) is 27.1. The van der Waals surface area contributed by atoms with Crippen LogP contribution in [0.25, 0.3) is 5.57 Å². The van der Waals surface area contributed by atoms with Gasteiger partial charge in [0.05, 0.1) is 16.9 Å². The van der Waals surface area contributed by atoms with Crippen LogP contribution < -0.4 is 4.90 Å². The van der Waals surface area contributed by atoms with Crippen LogP contribution in [0.15, 0.2) is 64.2 Å². The Bertz CT molecular complexity index is 1560. The van der Waals surface area contributed by atoms with Crippen LogP contribution in [0.4, 0.5) is 5.82 Å². The quantitative estimate of drug-likeness (QED) is 0.0503. The molecule has 0 fully saturated rings. The highest BCUT2D eigenvalue weighted by atomic mass is 16.3. The number of pyridine rings is 1. The fourth-order valence-corrected chi connectivity index (χ4v) is 9.21. The lowest BCUT2D eigenvalue weighted by atomic mass is 9.80. The molecule has 0 atom stereocenters. The van der Waals surface area contributed by atoms with Gasteiger partial charge < -0.3 is 15.1 Å². The molecule has 0 radical (unpaired) electrons. The van der Waals surface area contributed by atoms with Gasteiger partial charge in [0.15, 0.2) is 0 Å². The first kappa shape index (κ1) is 54.9. The predicted octanol–water partition coefficient (Wildman–Crippen LogP) is 17.1. The van der Waals surface area contributed by atoms with Crippen LogP contribution in [0.3, 0.4) is 0 Å². The number of anilines is 1. The molecule has 2 N–H and O–H groups in total. The summed E-state index contributed by atoms with van der Waals surface area (Å²) >= 11 is 0. The second kappa shape index (κ2) is 35.7. The van der Waals surface area contributed by atoms with Crippen LogP contribution >= 0.6 is 0 Å². The molecule has 7 heteroatoms. The zero-order valence-corrected chi connectivity index (χ0v) is 41.4. The molecule has 1 aromatic rings. The Labute approximate surface area is 391 Å². The van der Waals surface area contributed by atoms with Gasteiger partial charge in [-0.05, 0) is 43.5 Å². The summed E-state index contributed by atoms with van der Waals surface area (Å²) in [6.07, 6.45) is 52.0. The second-order valence-electron chi connectivity index (χ2n) is 19.1. The number of hydrogen-bond acceptors (Lipinski definition) is 6. The Hall–Kier alpha value is -3.48. The van der Waals surface area contributed by atoms with Gasteiger partial charge in [-0.25, -0.2) is 9.98 Å². The number of nitrogens with zero attached hydrogens (tertiary/aromatic N) is 3. The summed E-state index contributed by atoms with van der Waals surface area (Å²) in [5, 5.41) is 22.0. The van der Waals surface area contributed by atoms with Crippen LogP contribution in [0.1, 0.15) is 257 Å². The third-order valence-electron chi connectivity index (χ3n) is 13.4. The van der Waals surface area contributed by atoms with Crippen molar-refractivity contribution >= 4 is 28.8 Å². The minimum Gasteiger partial charge on any atom is -0.507 e. The predicted molar refractivity (Wildman–Crippen MR) is 274 cm³/mol. The van der Waals surface area contributed by atoms with E-state index < -0.39 is 0 Å². The fourth-order valence-electron chi connectivity index (χ4n) is 9.21.